The summed E-state index contributed by atoms with van der Waals surface area (Å²) in [5.41, 5.74) is 1.74. The topological polar surface area (TPSA) is 40.6 Å². The van der Waals surface area contributed by atoms with Gasteiger partial charge in [-0.1, -0.05) is 0 Å². The maximum absolute atomic E-state index is 15.9. The van der Waals surface area contributed by atoms with Crippen molar-refractivity contribution in [3.8, 4) is 0 Å². The first-order valence-electron chi connectivity index (χ1n) is 9.54. The van der Waals surface area contributed by atoms with E-state index in [1.165, 1.54) is 1.97 Å². The number of nitrogens with zero attached hydrogens (tertiary/aromatic N) is 2. The number of carbonyl (C=O) groups is 2. The average molecular weight is 516 g/mol. The van der Waals surface area contributed by atoms with Crippen molar-refractivity contribution in [1.82, 2.24) is 1.97 Å². The zero-order chi connectivity index (χ0) is 20.7. The van der Waals surface area contributed by atoms with Gasteiger partial charge in [0.25, 0.3) is 0 Å². The number of carbonyl (C=O) groups excluding carboxylic acids is 2. The van der Waals surface area contributed by atoms with E-state index in [4.69, 9.17) is 0 Å². The summed E-state index contributed by atoms with van der Waals surface area (Å²) in [4.78, 5) is 25.7. The van der Waals surface area contributed by atoms with Gasteiger partial charge in [-0.25, -0.2) is 0 Å². The van der Waals surface area contributed by atoms with Crippen molar-refractivity contribution >= 4 is 11.8 Å². The quantitative estimate of drug-likeness (QED) is 0.512. The first-order valence-corrected chi connectivity index (χ1v) is 13.6. The molecule has 2 aromatic rings. The van der Waals surface area contributed by atoms with E-state index in [-0.39, 0.29) is 36.7 Å². The van der Waals surface area contributed by atoms with Crippen molar-refractivity contribution < 1.29 is 46.8 Å². The molecule has 0 aromatic heterocycles. The molecule has 28 heavy (non-hydrogen) atoms. The second-order valence-corrected chi connectivity index (χ2v) is 12.6. The van der Waals surface area contributed by atoms with Gasteiger partial charge in [0.15, 0.2) is 0 Å². The summed E-state index contributed by atoms with van der Waals surface area (Å²) < 4.78 is 18.7. The van der Waals surface area contributed by atoms with Crippen molar-refractivity contribution in [3.05, 3.63) is 71.8 Å². The van der Waals surface area contributed by atoms with Crippen molar-refractivity contribution in [3.63, 3.8) is 0 Å². The van der Waals surface area contributed by atoms with E-state index >= 15 is 1.01 Å². The average Bonchev–Trinajstić information content (AvgIpc) is 2.70. The third-order valence-corrected chi connectivity index (χ3v) is 9.62. The van der Waals surface area contributed by atoms with Gasteiger partial charge in [0.1, 0.15) is 0 Å². The molecule has 2 rings (SSSR count). The summed E-state index contributed by atoms with van der Waals surface area (Å²) in [7, 11) is 0. The first kappa shape index (κ1) is 22.9. The predicted octanol–water partition coefficient (Wildman–Crippen LogP) is 4.69. The molecule has 0 heterocycles. The Morgan fingerprint density at radius 2 is 1.07 bits per heavy atom. The second kappa shape index (κ2) is 11.0. The van der Waals surface area contributed by atoms with Crippen molar-refractivity contribution in [2.24, 2.45) is 11.8 Å². The van der Waals surface area contributed by atoms with Crippen molar-refractivity contribution in [2.45, 2.75) is 40.8 Å². The van der Waals surface area contributed by atoms with Gasteiger partial charge in [-0.2, -0.15) is 0 Å². The number of halogens is 1. The van der Waals surface area contributed by atoms with Crippen LogP contribution in [0, 0.1) is 48.1 Å². The van der Waals surface area contributed by atoms with E-state index in [0.717, 1.165) is 11.1 Å². The number of benzene rings is 2. The van der Waals surface area contributed by atoms with Crippen LogP contribution in [0.15, 0.2) is 60.7 Å². The Hall–Kier alpha value is -1.34. The van der Waals surface area contributed by atoms with Gasteiger partial charge in [0, 0.05) is 0 Å². The summed E-state index contributed by atoms with van der Waals surface area (Å²) in [5, 5.41) is 0. The molecule has 2 aromatic carbocycles. The van der Waals surface area contributed by atoms with Gasteiger partial charge in [-0.3, -0.25) is 0 Å². The van der Waals surface area contributed by atoms with E-state index < -0.39 is 36.2 Å². The van der Waals surface area contributed by atoms with Crippen LogP contribution in [-0.2, 0) is 22.7 Å². The molecule has 2 amide bonds. The SMILES string of the molecule is CC(C)C(=O)[N](Cc1ccccc1)[Nd]([F])[N](Cc1ccccc1)C(=O)C(C)C. The number of hydrogen-bond acceptors (Lipinski definition) is 2. The molecule has 0 saturated heterocycles. The van der Waals surface area contributed by atoms with Crippen LogP contribution in [0.25, 0.3) is 0 Å². The van der Waals surface area contributed by atoms with Gasteiger partial charge in [0.05, 0.1) is 0 Å². The minimum absolute atomic E-state index is 0.201. The molecule has 6 heteroatoms. The van der Waals surface area contributed by atoms with Crippen LogP contribution in [0.2, 0.25) is 0 Å². The van der Waals surface area contributed by atoms with Crippen LogP contribution in [0.1, 0.15) is 38.8 Å². The van der Waals surface area contributed by atoms with E-state index in [0.29, 0.717) is 0 Å². The fourth-order valence-corrected chi connectivity index (χ4v) is 8.54. The van der Waals surface area contributed by atoms with Crippen LogP contribution in [-0.4, -0.2) is 13.8 Å². The summed E-state index contributed by atoms with van der Waals surface area (Å²) in [6.07, 6.45) is 0. The van der Waals surface area contributed by atoms with E-state index in [1.54, 1.807) is 27.7 Å². The van der Waals surface area contributed by atoms with E-state index in [2.05, 4.69) is 0 Å². The first-order chi connectivity index (χ1) is 13.3. The molecular formula is C22H28FN2NdO2. The van der Waals surface area contributed by atoms with Crippen molar-refractivity contribution in [2.75, 3.05) is 0 Å². The van der Waals surface area contributed by atoms with Gasteiger partial charge >= 0.3 is 185 Å². The molecule has 0 radical (unpaired) electrons. The van der Waals surface area contributed by atoms with Crippen LogP contribution in [0.5, 0.6) is 0 Å². The molecular weight excluding hydrogens is 487 g/mol. The molecule has 0 bridgehead atoms. The van der Waals surface area contributed by atoms with Crippen LogP contribution in [0.4, 0.5) is 1.01 Å². The molecule has 149 valence electrons. The molecule has 0 atom stereocenters. The molecule has 0 fully saturated rings. The Morgan fingerprint density at radius 1 is 0.750 bits per heavy atom. The molecule has 0 saturated carbocycles. The normalized spacial score (nSPS) is 10.8. The van der Waals surface area contributed by atoms with Crippen LogP contribution >= 0.6 is 0 Å². The van der Waals surface area contributed by atoms with Crippen molar-refractivity contribution in [1.29, 1.82) is 0 Å². The zero-order valence-electron chi connectivity index (χ0n) is 16.9. The minimum atomic E-state index is -4.43. The second-order valence-electron chi connectivity index (χ2n) is 7.40. The van der Waals surface area contributed by atoms with Gasteiger partial charge in [-0.15, -0.1) is 0 Å². The third-order valence-electron chi connectivity index (χ3n) is 4.33. The molecule has 0 aliphatic heterocycles. The third kappa shape index (κ3) is 6.34. The Kier molecular flexibility index (Phi) is 9.02. The van der Waals surface area contributed by atoms with E-state index in [9.17, 15) is 9.59 Å². The summed E-state index contributed by atoms with van der Waals surface area (Å²) >= 11 is -4.43. The van der Waals surface area contributed by atoms with Gasteiger partial charge < -0.3 is 0 Å². The standard InChI is InChI=1S/2C11H15NO.FH.Nd/c2*1-9(2)11(13)12-8-10-6-4-3-5-7-10;;/h2*3-7,9H,8H2,1-2H3,(H,12,13);1H;/q;;;+3/p-3. The molecule has 0 unspecified atom stereocenters. The van der Waals surface area contributed by atoms with E-state index in [1.807, 2.05) is 60.7 Å². The van der Waals surface area contributed by atoms with Crippen LogP contribution in [0.3, 0.4) is 0 Å². The fraction of sp³-hybridized carbons (Fsp3) is 0.364. The van der Waals surface area contributed by atoms with Crippen LogP contribution < -0.4 is 0 Å². The summed E-state index contributed by atoms with van der Waals surface area (Å²) in [6, 6.07) is 18.8. The Morgan fingerprint density at radius 3 is 1.36 bits per heavy atom. The summed E-state index contributed by atoms with van der Waals surface area (Å²) in [6.45, 7) is 7.48. The molecule has 0 N–H and O–H groups in total. The number of amides is 2. The number of rotatable bonds is 8. The molecule has 0 spiro atoms. The zero-order valence-corrected chi connectivity index (χ0v) is 20.1. The maximum atomic E-state index is 15.9. The summed E-state index contributed by atoms with van der Waals surface area (Å²) in [5.74, 6) is -1.12. The molecule has 0 aliphatic carbocycles. The Balaban J connectivity index is 2.35. The molecule has 4 nitrogen and oxygen atoms in total. The van der Waals surface area contributed by atoms with Gasteiger partial charge in [0.2, 0.25) is 0 Å². The monoisotopic (exact) mass is 513 g/mol. The predicted molar refractivity (Wildman–Crippen MR) is 105 cm³/mol. The fourth-order valence-electron chi connectivity index (χ4n) is 2.77. The Labute approximate surface area is 183 Å². The Bertz CT molecular complexity index is 703. The van der Waals surface area contributed by atoms with Gasteiger partial charge in [-0.05, 0) is 0 Å². The molecule has 0 aliphatic rings. The number of hydrogen-bond donors (Lipinski definition) is 0.